The Morgan fingerprint density at radius 1 is 1.07 bits per heavy atom. The van der Waals surface area contributed by atoms with Gasteiger partial charge in [-0.25, -0.2) is 0 Å². The van der Waals surface area contributed by atoms with Crippen molar-refractivity contribution in [2.45, 2.75) is 32.4 Å². The SMILES string of the molecule is CC(C)OCCCN1C(=O)c2[nH]nc(-c3ccccc3)c2C1c1ccccc1. The Labute approximate surface area is 165 Å². The highest BCUT2D eigenvalue weighted by atomic mass is 16.5. The molecule has 0 saturated carbocycles. The molecular weight excluding hydrogens is 350 g/mol. The molecule has 0 fully saturated rings. The predicted octanol–water partition coefficient (Wildman–Crippen LogP) is 4.44. The van der Waals surface area contributed by atoms with Crippen molar-refractivity contribution in [2.75, 3.05) is 13.2 Å². The van der Waals surface area contributed by atoms with Crippen molar-refractivity contribution in [3.8, 4) is 11.3 Å². The van der Waals surface area contributed by atoms with Crippen molar-refractivity contribution in [1.29, 1.82) is 0 Å². The van der Waals surface area contributed by atoms with Crippen LogP contribution in [0.3, 0.4) is 0 Å². The Balaban J connectivity index is 1.70. The quantitative estimate of drug-likeness (QED) is 0.621. The molecule has 1 aromatic heterocycles. The van der Waals surface area contributed by atoms with Crippen molar-refractivity contribution in [1.82, 2.24) is 15.1 Å². The fraction of sp³-hybridized carbons (Fsp3) is 0.304. The average Bonchev–Trinajstić information content (AvgIpc) is 3.26. The molecule has 0 bridgehead atoms. The van der Waals surface area contributed by atoms with E-state index < -0.39 is 0 Å². The van der Waals surface area contributed by atoms with Crippen LogP contribution in [0.1, 0.15) is 47.9 Å². The van der Waals surface area contributed by atoms with E-state index in [1.165, 1.54) is 0 Å². The third-order valence-corrected chi connectivity index (χ3v) is 5.02. The number of hydrogen-bond acceptors (Lipinski definition) is 3. The molecule has 3 aromatic rings. The number of H-pyrrole nitrogens is 1. The number of aromatic amines is 1. The van der Waals surface area contributed by atoms with Crippen LogP contribution < -0.4 is 0 Å². The lowest BCUT2D eigenvalue weighted by Crippen LogP contribution is -2.31. The van der Waals surface area contributed by atoms with Crippen molar-refractivity contribution >= 4 is 5.91 Å². The van der Waals surface area contributed by atoms with Gasteiger partial charge in [-0.05, 0) is 25.8 Å². The summed E-state index contributed by atoms with van der Waals surface area (Å²) in [5, 5.41) is 7.49. The second-order valence-corrected chi connectivity index (χ2v) is 7.31. The van der Waals surface area contributed by atoms with Crippen LogP contribution in [0, 0.1) is 0 Å². The maximum Gasteiger partial charge on any atom is 0.273 e. The molecule has 144 valence electrons. The van der Waals surface area contributed by atoms with Gasteiger partial charge >= 0.3 is 0 Å². The lowest BCUT2D eigenvalue weighted by molar-refractivity contribution is 0.0601. The van der Waals surface area contributed by atoms with Crippen LogP contribution in [0.4, 0.5) is 0 Å². The number of amides is 1. The molecule has 1 amide bonds. The molecule has 28 heavy (non-hydrogen) atoms. The van der Waals surface area contributed by atoms with E-state index in [-0.39, 0.29) is 18.1 Å². The summed E-state index contributed by atoms with van der Waals surface area (Å²) >= 11 is 0. The summed E-state index contributed by atoms with van der Waals surface area (Å²) in [6.07, 6.45) is 0.992. The number of ether oxygens (including phenoxy) is 1. The van der Waals surface area contributed by atoms with E-state index in [9.17, 15) is 4.79 Å². The van der Waals surface area contributed by atoms with E-state index >= 15 is 0 Å². The Hall–Kier alpha value is -2.92. The molecule has 1 aliphatic heterocycles. The fourth-order valence-electron chi connectivity index (χ4n) is 3.78. The minimum absolute atomic E-state index is 0.00285. The number of rotatable bonds is 7. The molecule has 1 unspecified atom stereocenters. The summed E-state index contributed by atoms with van der Waals surface area (Å²) in [6.45, 7) is 5.33. The van der Waals surface area contributed by atoms with Crippen LogP contribution in [0.25, 0.3) is 11.3 Å². The summed E-state index contributed by atoms with van der Waals surface area (Å²) in [7, 11) is 0. The fourth-order valence-corrected chi connectivity index (χ4v) is 3.78. The molecule has 0 saturated heterocycles. The van der Waals surface area contributed by atoms with Gasteiger partial charge in [0.15, 0.2) is 0 Å². The lowest BCUT2D eigenvalue weighted by atomic mass is 9.96. The van der Waals surface area contributed by atoms with Gasteiger partial charge in [-0.15, -0.1) is 0 Å². The van der Waals surface area contributed by atoms with E-state index in [1.54, 1.807) is 0 Å². The molecule has 2 aromatic carbocycles. The number of nitrogens with zero attached hydrogens (tertiary/aromatic N) is 2. The van der Waals surface area contributed by atoms with Gasteiger partial charge in [0.05, 0.1) is 17.8 Å². The van der Waals surface area contributed by atoms with E-state index in [2.05, 4.69) is 22.3 Å². The van der Waals surface area contributed by atoms with Crippen LogP contribution >= 0.6 is 0 Å². The summed E-state index contributed by atoms with van der Waals surface area (Å²) in [6, 6.07) is 20.1. The van der Waals surface area contributed by atoms with Gasteiger partial charge in [0.2, 0.25) is 0 Å². The van der Waals surface area contributed by atoms with Gasteiger partial charge < -0.3 is 9.64 Å². The molecule has 0 aliphatic carbocycles. The number of carbonyl (C=O) groups is 1. The first kappa shape index (κ1) is 18.4. The van der Waals surface area contributed by atoms with Gasteiger partial charge in [0.1, 0.15) is 5.69 Å². The third-order valence-electron chi connectivity index (χ3n) is 5.02. The minimum atomic E-state index is -0.142. The van der Waals surface area contributed by atoms with Crippen LogP contribution in [-0.2, 0) is 4.74 Å². The number of carbonyl (C=O) groups excluding carboxylic acids is 1. The maximum atomic E-state index is 13.2. The highest BCUT2D eigenvalue weighted by Crippen LogP contribution is 2.42. The zero-order valence-corrected chi connectivity index (χ0v) is 16.3. The van der Waals surface area contributed by atoms with Crippen molar-refractivity contribution in [3.63, 3.8) is 0 Å². The summed E-state index contributed by atoms with van der Waals surface area (Å²) < 4.78 is 5.67. The standard InChI is InChI=1S/C23H25N3O2/c1-16(2)28-15-9-14-26-22(18-12-7-4-8-13-18)19-20(17-10-5-3-6-11-17)24-25-21(19)23(26)27/h3-8,10-13,16,22H,9,14-15H2,1-2H3,(H,24,25). The molecule has 1 N–H and O–H groups in total. The Morgan fingerprint density at radius 3 is 2.43 bits per heavy atom. The first-order valence-corrected chi connectivity index (χ1v) is 9.78. The summed E-state index contributed by atoms with van der Waals surface area (Å²) in [4.78, 5) is 15.1. The van der Waals surface area contributed by atoms with Gasteiger partial charge in [0, 0.05) is 24.3 Å². The van der Waals surface area contributed by atoms with Gasteiger partial charge in [-0.3, -0.25) is 9.89 Å². The van der Waals surface area contributed by atoms with Crippen molar-refractivity contribution in [2.24, 2.45) is 0 Å². The molecule has 0 radical (unpaired) electrons. The van der Waals surface area contributed by atoms with Crippen LogP contribution in [0.5, 0.6) is 0 Å². The molecule has 1 atom stereocenters. The highest BCUT2D eigenvalue weighted by Gasteiger charge is 2.41. The molecule has 0 spiro atoms. The topological polar surface area (TPSA) is 58.2 Å². The van der Waals surface area contributed by atoms with E-state index in [1.807, 2.05) is 67.3 Å². The number of fused-ring (bicyclic) bond motifs is 1. The maximum absolute atomic E-state index is 13.2. The molecular formula is C23H25N3O2. The molecule has 5 heteroatoms. The van der Waals surface area contributed by atoms with E-state index in [0.717, 1.165) is 28.8 Å². The molecule has 1 aliphatic rings. The monoisotopic (exact) mass is 375 g/mol. The highest BCUT2D eigenvalue weighted by molar-refractivity contribution is 6.00. The van der Waals surface area contributed by atoms with Crippen molar-refractivity contribution < 1.29 is 9.53 Å². The summed E-state index contributed by atoms with van der Waals surface area (Å²) in [5.41, 5.74) is 4.51. The number of hydrogen-bond donors (Lipinski definition) is 1. The van der Waals surface area contributed by atoms with Crippen LogP contribution in [0.2, 0.25) is 0 Å². The molecule has 4 rings (SSSR count). The first-order chi connectivity index (χ1) is 13.7. The van der Waals surface area contributed by atoms with E-state index in [0.29, 0.717) is 18.8 Å². The minimum Gasteiger partial charge on any atom is -0.379 e. The number of benzene rings is 2. The largest absolute Gasteiger partial charge is 0.379 e. The van der Waals surface area contributed by atoms with Gasteiger partial charge in [-0.1, -0.05) is 60.7 Å². The second kappa shape index (κ2) is 7.98. The first-order valence-electron chi connectivity index (χ1n) is 9.78. The lowest BCUT2D eigenvalue weighted by Gasteiger charge is -2.26. The average molecular weight is 375 g/mol. The summed E-state index contributed by atoms with van der Waals surface area (Å²) in [5.74, 6) is 0.00285. The Morgan fingerprint density at radius 2 is 1.75 bits per heavy atom. The number of aromatic nitrogens is 2. The van der Waals surface area contributed by atoms with Gasteiger partial charge in [0.25, 0.3) is 5.91 Å². The van der Waals surface area contributed by atoms with Crippen LogP contribution in [-0.4, -0.2) is 40.3 Å². The predicted molar refractivity (Wildman–Crippen MR) is 109 cm³/mol. The molecule has 2 heterocycles. The Kier molecular flexibility index (Phi) is 5.26. The van der Waals surface area contributed by atoms with Crippen molar-refractivity contribution in [3.05, 3.63) is 77.5 Å². The number of nitrogens with one attached hydrogen (secondary N) is 1. The van der Waals surface area contributed by atoms with E-state index in [4.69, 9.17) is 4.74 Å². The zero-order chi connectivity index (χ0) is 19.5. The third kappa shape index (κ3) is 3.45. The zero-order valence-electron chi connectivity index (χ0n) is 16.3. The normalized spacial score (nSPS) is 16.0. The second-order valence-electron chi connectivity index (χ2n) is 7.31. The molecule has 5 nitrogen and oxygen atoms in total. The van der Waals surface area contributed by atoms with Crippen LogP contribution in [0.15, 0.2) is 60.7 Å². The van der Waals surface area contributed by atoms with Gasteiger partial charge in [-0.2, -0.15) is 5.10 Å². The Bertz CT molecular complexity index is 935. The smallest absolute Gasteiger partial charge is 0.273 e.